The molecule has 5 heteroatoms. The van der Waals surface area contributed by atoms with Crippen molar-refractivity contribution < 1.29 is 19.0 Å². The number of amides is 1. The van der Waals surface area contributed by atoms with Crippen LogP contribution < -0.4 is 19.5 Å². The summed E-state index contributed by atoms with van der Waals surface area (Å²) in [5, 5.41) is 2.83. The van der Waals surface area contributed by atoms with Crippen molar-refractivity contribution >= 4 is 5.91 Å². The Hall–Kier alpha value is -3.47. The van der Waals surface area contributed by atoms with E-state index in [1.807, 2.05) is 60.7 Å². The van der Waals surface area contributed by atoms with Gasteiger partial charge in [0.05, 0.1) is 14.2 Å². The molecule has 0 heterocycles. The van der Waals surface area contributed by atoms with Gasteiger partial charge in [0, 0.05) is 19.0 Å². The Morgan fingerprint density at radius 1 is 0.900 bits per heavy atom. The monoisotopic (exact) mass is 405 g/mol. The van der Waals surface area contributed by atoms with Crippen LogP contribution in [-0.4, -0.2) is 26.7 Å². The maximum absolute atomic E-state index is 11.2. The number of rotatable bonds is 9. The van der Waals surface area contributed by atoms with Crippen molar-refractivity contribution in [1.29, 1.82) is 0 Å². The third kappa shape index (κ3) is 5.54. The molecule has 0 radical (unpaired) electrons. The van der Waals surface area contributed by atoms with Gasteiger partial charge in [-0.1, -0.05) is 42.5 Å². The van der Waals surface area contributed by atoms with E-state index in [1.54, 1.807) is 14.2 Å². The summed E-state index contributed by atoms with van der Waals surface area (Å²) < 4.78 is 17.1. The second-order valence-electron chi connectivity index (χ2n) is 6.91. The Morgan fingerprint density at radius 2 is 1.63 bits per heavy atom. The number of carbonyl (C=O) groups excluding carboxylic acids is 1. The molecule has 0 fully saturated rings. The SMILES string of the molecule is COc1cc(CCNC(C)=O)cc(-c2ccc(OCc3ccccc3)cc2)c1OC. The first kappa shape index (κ1) is 21.2. The zero-order valence-electron chi connectivity index (χ0n) is 17.6. The minimum absolute atomic E-state index is 0.0400. The summed E-state index contributed by atoms with van der Waals surface area (Å²) in [6, 6.07) is 22.0. The molecule has 0 saturated carbocycles. The summed E-state index contributed by atoms with van der Waals surface area (Å²) >= 11 is 0. The third-order valence-electron chi connectivity index (χ3n) is 4.74. The Labute approximate surface area is 177 Å². The number of benzene rings is 3. The summed E-state index contributed by atoms with van der Waals surface area (Å²) in [5.41, 5.74) is 4.11. The average molecular weight is 405 g/mol. The number of hydrogen-bond donors (Lipinski definition) is 1. The van der Waals surface area contributed by atoms with E-state index >= 15 is 0 Å². The minimum atomic E-state index is -0.0400. The molecule has 0 aliphatic carbocycles. The number of ether oxygens (including phenoxy) is 3. The number of methoxy groups -OCH3 is 2. The molecular formula is C25H27NO4. The van der Waals surface area contributed by atoms with E-state index in [0.29, 0.717) is 31.1 Å². The molecule has 3 rings (SSSR count). The molecular weight excluding hydrogens is 378 g/mol. The van der Waals surface area contributed by atoms with Crippen LogP contribution in [0.5, 0.6) is 17.2 Å². The van der Waals surface area contributed by atoms with Crippen LogP contribution in [-0.2, 0) is 17.8 Å². The zero-order chi connectivity index (χ0) is 21.3. The molecule has 0 unspecified atom stereocenters. The van der Waals surface area contributed by atoms with Crippen LogP contribution in [0.25, 0.3) is 11.1 Å². The van der Waals surface area contributed by atoms with Crippen LogP contribution in [0.4, 0.5) is 0 Å². The second kappa shape index (κ2) is 10.3. The van der Waals surface area contributed by atoms with Gasteiger partial charge >= 0.3 is 0 Å². The molecule has 0 aromatic heterocycles. The van der Waals surface area contributed by atoms with E-state index in [4.69, 9.17) is 14.2 Å². The van der Waals surface area contributed by atoms with Gasteiger partial charge < -0.3 is 19.5 Å². The van der Waals surface area contributed by atoms with E-state index in [2.05, 4.69) is 11.4 Å². The zero-order valence-corrected chi connectivity index (χ0v) is 17.6. The molecule has 1 amide bonds. The molecule has 30 heavy (non-hydrogen) atoms. The van der Waals surface area contributed by atoms with E-state index in [0.717, 1.165) is 28.0 Å². The lowest BCUT2D eigenvalue weighted by Gasteiger charge is -2.16. The predicted molar refractivity (Wildman–Crippen MR) is 118 cm³/mol. The van der Waals surface area contributed by atoms with Gasteiger partial charge in [0.2, 0.25) is 5.91 Å². The Kier molecular flexibility index (Phi) is 7.33. The first-order valence-electron chi connectivity index (χ1n) is 9.87. The molecule has 156 valence electrons. The highest BCUT2D eigenvalue weighted by molar-refractivity contribution is 5.75. The minimum Gasteiger partial charge on any atom is -0.493 e. The van der Waals surface area contributed by atoms with Crippen molar-refractivity contribution in [3.63, 3.8) is 0 Å². The summed E-state index contributed by atoms with van der Waals surface area (Å²) in [6.07, 6.45) is 0.700. The van der Waals surface area contributed by atoms with Crippen LogP contribution in [0.15, 0.2) is 66.7 Å². The van der Waals surface area contributed by atoms with Crippen molar-refractivity contribution in [2.24, 2.45) is 0 Å². The molecule has 0 spiro atoms. The Bertz CT molecular complexity index is 968. The van der Waals surface area contributed by atoms with E-state index in [-0.39, 0.29) is 5.91 Å². The van der Waals surface area contributed by atoms with Crippen LogP contribution >= 0.6 is 0 Å². The molecule has 1 N–H and O–H groups in total. The maximum Gasteiger partial charge on any atom is 0.216 e. The molecule has 0 saturated heterocycles. The largest absolute Gasteiger partial charge is 0.493 e. The predicted octanol–water partition coefficient (Wildman–Crippen LogP) is 4.63. The van der Waals surface area contributed by atoms with Crippen LogP contribution in [0, 0.1) is 0 Å². The van der Waals surface area contributed by atoms with Gasteiger partial charge in [-0.25, -0.2) is 0 Å². The van der Waals surface area contributed by atoms with Gasteiger partial charge in [0.15, 0.2) is 11.5 Å². The fourth-order valence-corrected chi connectivity index (χ4v) is 3.23. The fourth-order valence-electron chi connectivity index (χ4n) is 3.23. The van der Waals surface area contributed by atoms with Gasteiger partial charge in [-0.05, 0) is 47.4 Å². The van der Waals surface area contributed by atoms with Gasteiger partial charge in [-0.3, -0.25) is 4.79 Å². The quantitative estimate of drug-likeness (QED) is 0.564. The highest BCUT2D eigenvalue weighted by Gasteiger charge is 2.14. The first-order valence-corrected chi connectivity index (χ1v) is 9.87. The van der Waals surface area contributed by atoms with Crippen molar-refractivity contribution in [3.05, 3.63) is 77.9 Å². The molecule has 0 bridgehead atoms. The number of carbonyl (C=O) groups is 1. The molecule has 0 aliphatic heterocycles. The topological polar surface area (TPSA) is 56.8 Å². The smallest absolute Gasteiger partial charge is 0.216 e. The fraction of sp³-hybridized carbons (Fsp3) is 0.240. The maximum atomic E-state index is 11.2. The molecule has 0 atom stereocenters. The highest BCUT2D eigenvalue weighted by atomic mass is 16.5. The van der Waals surface area contributed by atoms with E-state index in [9.17, 15) is 4.79 Å². The standard InChI is InChI=1S/C25H27NO4/c1-18(27)26-14-13-20-15-23(25(29-3)24(16-20)28-2)21-9-11-22(12-10-21)30-17-19-7-5-4-6-8-19/h4-12,15-16H,13-14,17H2,1-3H3,(H,26,27). The highest BCUT2D eigenvalue weighted by Crippen LogP contribution is 2.39. The normalized spacial score (nSPS) is 10.4. The van der Waals surface area contributed by atoms with Gasteiger partial charge in [-0.15, -0.1) is 0 Å². The van der Waals surface area contributed by atoms with Crippen molar-refractivity contribution in [2.45, 2.75) is 20.0 Å². The summed E-state index contributed by atoms with van der Waals surface area (Å²) in [5.74, 6) is 2.10. The van der Waals surface area contributed by atoms with Crippen molar-refractivity contribution in [2.75, 3.05) is 20.8 Å². The molecule has 3 aromatic rings. The summed E-state index contributed by atoms with van der Waals surface area (Å²) in [6.45, 7) is 2.61. The van der Waals surface area contributed by atoms with Gasteiger partial charge in [-0.2, -0.15) is 0 Å². The van der Waals surface area contributed by atoms with E-state index in [1.165, 1.54) is 6.92 Å². The average Bonchev–Trinajstić information content (AvgIpc) is 2.78. The molecule has 0 aliphatic rings. The number of hydrogen-bond acceptors (Lipinski definition) is 4. The number of nitrogens with one attached hydrogen (secondary N) is 1. The van der Waals surface area contributed by atoms with Crippen molar-refractivity contribution in [3.8, 4) is 28.4 Å². The second-order valence-corrected chi connectivity index (χ2v) is 6.91. The third-order valence-corrected chi connectivity index (χ3v) is 4.74. The molecule has 3 aromatic carbocycles. The lowest BCUT2D eigenvalue weighted by molar-refractivity contribution is -0.118. The lowest BCUT2D eigenvalue weighted by Crippen LogP contribution is -2.22. The first-order chi connectivity index (χ1) is 14.6. The summed E-state index contributed by atoms with van der Waals surface area (Å²) in [7, 11) is 3.26. The van der Waals surface area contributed by atoms with Crippen LogP contribution in [0.1, 0.15) is 18.1 Å². The van der Waals surface area contributed by atoms with Crippen LogP contribution in [0.2, 0.25) is 0 Å². The molecule has 5 nitrogen and oxygen atoms in total. The van der Waals surface area contributed by atoms with Gasteiger partial charge in [0.1, 0.15) is 12.4 Å². The van der Waals surface area contributed by atoms with Gasteiger partial charge in [0.25, 0.3) is 0 Å². The Balaban J connectivity index is 1.81. The summed E-state index contributed by atoms with van der Waals surface area (Å²) in [4.78, 5) is 11.2. The van der Waals surface area contributed by atoms with Crippen LogP contribution in [0.3, 0.4) is 0 Å². The van der Waals surface area contributed by atoms with Crippen molar-refractivity contribution in [1.82, 2.24) is 5.32 Å². The van der Waals surface area contributed by atoms with E-state index < -0.39 is 0 Å². The Morgan fingerprint density at radius 3 is 2.27 bits per heavy atom. The lowest BCUT2D eigenvalue weighted by atomic mass is 9.99.